The normalized spacial score (nSPS) is 14.4. The molecule has 0 saturated heterocycles. The van der Waals surface area contributed by atoms with Gasteiger partial charge in [-0.1, -0.05) is 52.3 Å². The van der Waals surface area contributed by atoms with Gasteiger partial charge in [0.15, 0.2) is 17.2 Å². The Hall–Kier alpha value is -2.90. The Morgan fingerprint density at radius 2 is 1.71 bits per heavy atom. The molecule has 0 unspecified atom stereocenters. The van der Waals surface area contributed by atoms with E-state index >= 15 is 0 Å². The van der Waals surface area contributed by atoms with Gasteiger partial charge in [0.25, 0.3) is 0 Å². The van der Waals surface area contributed by atoms with E-state index in [4.69, 9.17) is 14.2 Å². The van der Waals surface area contributed by atoms with Crippen LogP contribution in [0.3, 0.4) is 0 Å². The molecular weight excluding hydrogens is 526 g/mol. The average Bonchev–Trinajstić information content (AvgIpc) is 3.13. The summed E-state index contributed by atoms with van der Waals surface area (Å²) in [5.74, 6) is 0.928. The molecule has 0 N–H and O–H groups in total. The number of carbonyl (C=O) groups is 1. The van der Waals surface area contributed by atoms with Gasteiger partial charge in [-0.15, -0.1) is 0 Å². The van der Waals surface area contributed by atoms with Crippen LogP contribution in [0.5, 0.6) is 11.5 Å². The summed E-state index contributed by atoms with van der Waals surface area (Å²) in [5.41, 5.74) is 2.70. The maximum Gasteiger partial charge on any atom is 0.363 e. The fourth-order valence-electron chi connectivity index (χ4n) is 2.98. The van der Waals surface area contributed by atoms with E-state index in [9.17, 15) is 4.79 Å². The van der Waals surface area contributed by atoms with Gasteiger partial charge in [0.1, 0.15) is 6.61 Å². The Labute approximate surface area is 196 Å². The fourth-order valence-corrected chi connectivity index (χ4v) is 3.83. The fraction of sp³-hybridized carbons (Fsp3) is 0.0833. The lowest BCUT2D eigenvalue weighted by Crippen LogP contribution is -2.05. The summed E-state index contributed by atoms with van der Waals surface area (Å²) in [6.07, 6.45) is 1.66. The smallest absolute Gasteiger partial charge is 0.363 e. The third-order valence-corrected chi connectivity index (χ3v) is 6.02. The second kappa shape index (κ2) is 9.49. The minimum absolute atomic E-state index is 0.217. The van der Waals surface area contributed by atoms with Crippen molar-refractivity contribution in [1.82, 2.24) is 0 Å². The standard InChI is InChI=1S/C24H17Br2NO4/c1-29-22-13-15(10-11-21(22)30-14-16-6-2-4-8-18(16)25)12-20-24(28)31-23(27-20)17-7-3-5-9-19(17)26/h2-13H,14H2,1H3/b20-12-. The van der Waals surface area contributed by atoms with Gasteiger partial charge in [0.05, 0.1) is 12.7 Å². The Kier molecular flexibility index (Phi) is 6.53. The number of esters is 1. The van der Waals surface area contributed by atoms with Crippen molar-refractivity contribution in [2.45, 2.75) is 6.61 Å². The molecule has 31 heavy (non-hydrogen) atoms. The van der Waals surface area contributed by atoms with Gasteiger partial charge >= 0.3 is 5.97 Å². The summed E-state index contributed by atoms with van der Waals surface area (Å²) in [5, 5.41) is 0. The van der Waals surface area contributed by atoms with Gasteiger partial charge in [-0.25, -0.2) is 9.79 Å². The van der Waals surface area contributed by atoms with Gasteiger partial charge in [-0.2, -0.15) is 0 Å². The van der Waals surface area contributed by atoms with Gasteiger partial charge in [-0.3, -0.25) is 0 Å². The second-order valence-electron chi connectivity index (χ2n) is 6.61. The Balaban J connectivity index is 1.56. The molecule has 7 heteroatoms. The molecular formula is C24H17Br2NO4. The zero-order valence-electron chi connectivity index (χ0n) is 16.5. The molecule has 3 aromatic carbocycles. The van der Waals surface area contributed by atoms with Crippen LogP contribution in [0.2, 0.25) is 0 Å². The lowest BCUT2D eigenvalue weighted by molar-refractivity contribution is -0.129. The zero-order chi connectivity index (χ0) is 21.8. The van der Waals surface area contributed by atoms with Crippen molar-refractivity contribution >= 4 is 49.8 Å². The summed E-state index contributed by atoms with van der Waals surface area (Å²) < 4.78 is 18.5. The molecule has 0 saturated carbocycles. The van der Waals surface area contributed by atoms with E-state index in [0.29, 0.717) is 23.7 Å². The first-order valence-electron chi connectivity index (χ1n) is 9.37. The van der Waals surface area contributed by atoms with Crippen LogP contribution in [0.15, 0.2) is 86.4 Å². The van der Waals surface area contributed by atoms with Crippen LogP contribution in [0.25, 0.3) is 6.08 Å². The van der Waals surface area contributed by atoms with Crippen LogP contribution < -0.4 is 9.47 Å². The third-order valence-electron chi connectivity index (χ3n) is 4.56. The maximum absolute atomic E-state index is 12.3. The van der Waals surface area contributed by atoms with Gasteiger partial charge in [0, 0.05) is 14.5 Å². The van der Waals surface area contributed by atoms with E-state index in [1.54, 1.807) is 25.3 Å². The highest BCUT2D eigenvalue weighted by Gasteiger charge is 2.25. The molecule has 1 aliphatic heterocycles. The molecule has 3 aromatic rings. The van der Waals surface area contributed by atoms with Gasteiger partial charge < -0.3 is 14.2 Å². The Morgan fingerprint density at radius 3 is 2.45 bits per heavy atom. The first-order chi connectivity index (χ1) is 15.0. The summed E-state index contributed by atoms with van der Waals surface area (Å²) in [4.78, 5) is 16.7. The van der Waals surface area contributed by atoms with E-state index < -0.39 is 5.97 Å². The number of ether oxygens (including phenoxy) is 3. The van der Waals surface area contributed by atoms with E-state index in [1.165, 1.54) is 0 Å². The molecule has 1 heterocycles. The summed E-state index contributed by atoms with van der Waals surface area (Å²) in [6.45, 7) is 0.393. The van der Waals surface area contributed by atoms with Crippen LogP contribution in [0, 0.1) is 0 Å². The van der Waals surface area contributed by atoms with Crippen molar-refractivity contribution in [3.05, 3.63) is 98.1 Å². The van der Waals surface area contributed by atoms with Crippen LogP contribution in [0.4, 0.5) is 0 Å². The number of aliphatic imine (C=N–C) groups is 1. The van der Waals surface area contributed by atoms with Crippen molar-refractivity contribution in [3.63, 3.8) is 0 Å². The minimum Gasteiger partial charge on any atom is -0.493 e. The monoisotopic (exact) mass is 541 g/mol. The first kappa shape index (κ1) is 21.3. The molecule has 0 spiro atoms. The SMILES string of the molecule is COc1cc(/C=C2\N=C(c3ccccc3Br)OC2=O)ccc1OCc1ccccc1Br. The molecule has 0 fully saturated rings. The summed E-state index contributed by atoms with van der Waals surface area (Å²) >= 11 is 6.97. The highest BCUT2D eigenvalue weighted by Crippen LogP contribution is 2.31. The molecule has 5 nitrogen and oxygen atoms in total. The zero-order valence-corrected chi connectivity index (χ0v) is 19.6. The van der Waals surface area contributed by atoms with Crippen LogP contribution >= 0.6 is 31.9 Å². The quantitative estimate of drug-likeness (QED) is 0.277. The van der Waals surface area contributed by atoms with Crippen molar-refractivity contribution in [3.8, 4) is 11.5 Å². The van der Waals surface area contributed by atoms with E-state index in [1.807, 2.05) is 54.6 Å². The minimum atomic E-state index is -0.501. The van der Waals surface area contributed by atoms with Gasteiger partial charge in [0.2, 0.25) is 5.90 Å². The number of nitrogens with zero attached hydrogens (tertiary/aromatic N) is 1. The number of methoxy groups -OCH3 is 1. The molecule has 0 bridgehead atoms. The van der Waals surface area contributed by atoms with Gasteiger partial charge in [-0.05, 0) is 57.9 Å². The molecule has 156 valence electrons. The summed E-state index contributed by atoms with van der Waals surface area (Å²) in [6, 6.07) is 20.7. The summed E-state index contributed by atoms with van der Waals surface area (Å²) in [7, 11) is 1.57. The molecule has 4 rings (SSSR count). The Bertz CT molecular complexity index is 1200. The number of carbonyl (C=O) groups excluding carboxylic acids is 1. The van der Waals surface area contributed by atoms with Crippen molar-refractivity contribution in [1.29, 1.82) is 0 Å². The predicted molar refractivity (Wildman–Crippen MR) is 126 cm³/mol. The highest BCUT2D eigenvalue weighted by molar-refractivity contribution is 9.10. The van der Waals surface area contributed by atoms with E-state index in [2.05, 4.69) is 36.9 Å². The van der Waals surface area contributed by atoms with Crippen LogP contribution in [-0.2, 0) is 16.1 Å². The molecule has 0 atom stereocenters. The molecule has 0 amide bonds. The maximum atomic E-state index is 12.3. The number of benzene rings is 3. The van der Waals surface area contributed by atoms with E-state index in [-0.39, 0.29) is 11.6 Å². The predicted octanol–water partition coefficient (Wildman–Crippen LogP) is 6.14. The largest absolute Gasteiger partial charge is 0.493 e. The molecule has 0 radical (unpaired) electrons. The number of hydrogen-bond acceptors (Lipinski definition) is 5. The lowest BCUT2D eigenvalue weighted by Gasteiger charge is -2.12. The number of hydrogen-bond donors (Lipinski definition) is 0. The number of halogens is 2. The number of cyclic esters (lactones) is 1. The van der Waals surface area contributed by atoms with Crippen molar-refractivity contribution in [2.24, 2.45) is 4.99 Å². The first-order valence-corrected chi connectivity index (χ1v) is 11.0. The lowest BCUT2D eigenvalue weighted by atomic mass is 10.1. The average molecular weight is 543 g/mol. The molecule has 0 aliphatic carbocycles. The Morgan fingerprint density at radius 1 is 0.968 bits per heavy atom. The topological polar surface area (TPSA) is 57.1 Å². The van der Waals surface area contributed by atoms with E-state index in [0.717, 1.165) is 20.1 Å². The third kappa shape index (κ3) is 4.89. The van der Waals surface area contributed by atoms with Crippen LogP contribution in [0.1, 0.15) is 16.7 Å². The second-order valence-corrected chi connectivity index (χ2v) is 8.31. The molecule has 0 aromatic heterocycles. The van der Waals surface area contributed by atoms with Crippen LogP contribution in [-0.4, -0.2) is 19.0 Å². The van der Waals surface area contributed by atoms with Crippen molar-refractivity contribution in [2.75, 3.05) is 7.11 Å². The highest BCUT2D eigenvalue weighted by atomic mass is 79.9. The molecule has 1 aliphatic rings. The number of rotatable bonds is 6. The van der Waals surface area contributed by atoms with Crippen molar-refractivity contribution < 1.29 is 19.0 Å².